The first-order chi connectivity index (χ1) is 9.34. The van der Waals surface area contributed by atoms with E-state index in [4.69, 9.17) is 0 Å². The van der Waals surface area contributed by atoms with Gasteiger partial charge < -0.3 is 5.32 Å². The number of hydrogen-bond donors (Lipinski definition) is 1. The molecule has 0 bridgehead atoms. The van der Waals surface area contributed by atoms with Crippen LogP contribution in [0, 0.1) is 0 Å². The van der Waals surface area contributed by atoms with Crippen LogP contribution in [0.1, 0.15) is 31.4 Å². The average molecular weight is 276 g/mol. The Morgan fingerprint density at radius 2 is 2.11 bits per heavy atom. The van der Waals surface area contributed by atoms with Crippen LogP contribution >= 0.6 is 11.8 Å². The molecule has 0 radical (unpaired) electrons. The summed E-state index contributed by atoms with van der Waals surface area (Å²) in [4.78, 5) is 2.77. The quantitative estimate of drug-likeness (QED) is 0.894. The minimum atomic E-state index is 0.557. The lowest BCUT2D eigenvalue weighted by Crippen LogP contribution is -2.55. The van der Waals surface area contributed by atoms with Crippen LogP contribution in [0.25, 0.3) is 0 Å². The topological polar surface area (TPSA) is 15.3 Å². The number of benzene rings is 1. The van der Waals surface area contributed by atoms with E-state index in [-0.39, 0.29) is 0 Å². The predicted molar refractivity (Wildman–Crippen MR) is 83.7 cm³/mol. The third-order valence-corrected chi connectivity index (χ3v) is 5.53. The van der Waals surface area contributed by atoms with Gasteiger partial charge in [0, 0.05) is 37.0 Å². The van der Waals surface area contributed by atoms with E-state index in [2.05, 4.69) is 59.2 Å². The maximum atomic E-state index is 3.65. The fourth-order valence-electron chi connectivity index (χ4n) is 3.31. The molecule has 1 N–H and O–H groups in total. The van der Waals surface area contributed by atoms with Gasteiger partial charge in [0.2, 0.25) is 0 Å². The Bertz CT molecular complexity index is 389. The van der Waals surface area contributed by atoms with Gasteiger partial charge in [0.15, 0.2) is 0 Å². The number of piperazine rings is 1. The fraction of sp³-hybridized carbons (Fsp3) is 0.625. The molecule has 2 aliphatic rings. The molecule has 0 aliphatic carbocycles. The van der Waals surface area contributed by atoms with Crippen LogP contribution < -0.4 is 5.32 Å². The number of nitrogens with one attached hydrogen (secondary N) is 1. The number of rotatable bonds is 2. The summed E-state index contributed by atoms with van der Waals surface area (Å²) in [7, 11) is 0. The predicted octanol–water partition coefficient (Wildman–Crippen LogP) is 2.92. The molecule has 1 aromatic rings. The van der Waals surface area contributed by atoms with Crippen molar-refractivity contribution in [1.29, 1.82) is 0 Å². The van der Waals surface area contributed by atoms with Gasteiger partial charge in [0.05, 0.1) is 0 Å². The third kappa shape index (κ3) is 3.15. The van der Waals surface area contributed by atoms with Crippen LogP contribution in [0.2, 0.25) is 0 Å². The molecule has 2 aliphatic heterocycles. The molecule has 0 saturated carbocycles. The zero-order valence-electron chi connectivity index (χ0n) is 11.7. The first-order valence-corrected chi connectivity index (χ1v) is 8.62. The highest BCUT2D eigenvalue weighted by Crippen LogP contribution is 2.31. The maximum absolute atomic E-state index is 3.65. The van der Waals surface area contributed by atoms with Crippen molar-refractivity contribution in [3.05, 3.63) is 35.9 Å². The molecule has 1 aromatic carbocycles. The smallest absolute Gasteiger partial charge is 0.0476 e. The summed E-state index contributed by atoms with van der Waals surface area (Å²) in [5.41, 5.74) is 1.47. The van der Waals surface area contributed by atoms with Gasteiger partial charge in [0.25, 0.3) is 0 Å². The Hall–Kier alpha value is -0.510. The van der Waals surface area contributed by atoms with Crippen LogP contribution in [0.15, 0.2) is 30.3 Å². The lowest BCUT2D eigenvalue weighted by atomic mass is 9.98. The van der Waals surface area contributed by atoms with Gasteiger partial charge in [-0.3, -0.25) is 4.90 Å². The minimum absolute atomic E-state index is 0.557. The second kappa shape index (κ2) is 6.29. The van der Waals surface area contributed by atoms with Gasteiger partial charge in [-0.05, 0) is 31.1 Å². The second-order valence-corrected chi connectivity index (χ2v) is 6.95. The summed E-state index contributed by atoms with van der Waals surface area (Å²) < 4.78 is 0. The van der Waals surface area contributed by atoms with Crippen molar-refractivity contribution in [2.24, 2.45) is 0 Å². The SMILES string of the molecule is CC1CN(C2CCCSC2)C(c2ccccc2)CN1. The van der Waals surface area contributed by atoms with Crippen molar-refractivity contribution in [2.75, 3.05) is 24.6 Å². The number of nitrogens with zero attached hydrogens (tertiary/aromatic N) is 1. The van der Waals surface area contributed by atoms with Crippen LogP contribution in [0.3, 0.4) is 0 Å². The van der Waals surface area contributed by atoms with E-state index in [9.17, 15) is 0 Å². The minimum Gasteiger partial charge on any atom is -0.311 e. The van der Waals surface area contributed by atoms with E-state index >= 15 is 0 Å². The maximum Gasteiger partial charge on any atom is 0.0476 e. The Labute approximate surface area is 121 Å². The summed E-state index contributed by atoms with van der Waals surface area (Å²) in [6, 6.07) is 13.0. The standard InChI is InChI=1S/C16H24N2S/c1-13-11-18(15-8-5-9-19-12-15)16(10-17-13)14-6-3-2-4-7-14/h2-4,6-7,13,15-17H,5,8-12H2,1H3. The van der Waals surface area contributed by atoms with Gasteiger partial charge >= 0.3 is 0 Å². The summed E-state index contributed by atoms with van der Waals surface area (Å²) in [6.07, 6.45) is 2.76. The molecular weight excluding hydrogens is 252 g/mol. The first kappa shape index (κ1) is 13.5. The summed E-state index contributed by atoms with van der Waals surface area (Å²) in [5, 5.41) is 3.65. The largest absolute Gasteiger partial charge is 0.311 e. The molecule has 104 valence electrons. The van der Waals surface area contributed by atoms with Crippen molar-refractivity contribution in [2.45, 2.75) is 37.9 Å². The van der Waals surface area contributed by atoms with Crippen molar-refractivity contribution in [1.82, 2.24) is 10.2 Å². The Morgan fingerprint density at radius 1 is 1.26 bits per heavy atom. The molecule has 0 spiro atoms. The first-order valence-electron chi connectivity index (χ1n) is 7.46. The van der Waals surface area contributed by atoms with E-state index in [1.54, 1.807) is 0 Å². The highest BCUT2D eigenvalue weighted by molar-refractivity contribution is 7.99. The van der Waals surface area contributed by atoms with Crippen molar-refractivity contribution in [3.63, 3.8) is 0 Å². The molecule has 3 atom stereocenters. The molecular formula is C16H24N2S. The van der Waals surface area contributed by atoms with E-state index < -0.39 is 0 Å². The Morgan fingerprint density at radius 3 is 2.84 bits per heavy atom. The van der Waals surface area contributed by atoms with Crippen molar-refractivity contribution in [3.8, 4) is 0 Å². The molecule has 19 heavy (non-hydrogen) atoms. The Balaban J connectivity index is 1.79. The van der Waals surface area contributed by atoms with Gasteiger partial charge in [-0.2, -0.15) is 11.8 Å². The van der Waals surface area contributed by atoms with Gasteiger partial charge in [-0.1, -0.05) is 30.3 Å². The molecule has 0 aromatic heterocycles. The molecule has 2 nitrogen and oxygen atoms in total. The number of thioether (sulfide) groups is 1. The van der Waals surface area contributed by atoms with E-state index in [0.29, 0.717) is 12.1 Å². The molecule has 2 saturated heterocycles. The zero-order valence-corrected chi connectivity index (χ0v) is 12.5. The van der Waals surface area contributed by atoms with E-state index in [1.807, 2.05) is 0 Å². The van der Waals surface area contributed by atoms with Crippen LogP contribution in [-0.4, -0.2) is 41.6 Å². The van der Waals surface area contributed by atoms with Crippen LogP contribution in [-0.2, 0) is 0 Å². The zero-order chi connectivity index (χ0) is 13.1. The average Bonchev–Trinajstić information content (AvgIpc) is 2.49. The Kier molecular flexibility index (Phi) is 4.46. The van der Waals surface area contributed by atoms with Gasteiger partial charge in [-0.25, -0.2) is 0 Å². The lowest BCUT2D eigenvalue weighted by molar-refractivity contribution is 0.0892. The van der Waals surface area contributed by atoms with Crippen molar-refractivity contribution < 1.29 is 0 Å². The van der Waals surface area contributed by atoms with E-state index in [1.165, 1.54) is 36.5 Å². The fourth-order valence-corrected chi connectivity index (χ4v) is 4.48. The molecule has 3 unspecified atom stereocenters. The third-order valence-electron chi connectivity index (χ3n) is 4.33. The van der Waals surface area contributed by atoms with Crippen molar-refractivity contribution >= 4 is 11.8 Å². The molecule has 0 amide bonds. The molecule has 2 fully saturated rings. The summed E-state index contributed by atoms with van der Waals surface area (Å²) in [5.74, 6) is 2.67. The van der Waals surface area contributed by atoms with Gasteiger partial charge in [0.1, 0.15) is 0 Å². The van der Waals surface area contributed by atoms with E-state index in [0.717, 1.165) is 12.6 Å². The highest BCUT2D eigenvalue weighted by Gasteiger charge is 2.32. The van der Waals surface area contributed by atoms with Gasteiger partial charge in [-0.15, -0.1) is 0 Å². The number of hydrogen-bond acceptors (Lipinski definition) is 3. The lowest BCUT2D eigenvalue weighted by Gasteiger charge is -2.45. The second-order valence-electron chi connectivity index (χ2n) is 5.80. The summed E-state index contributed by atoms with van der Waals surface area (Å²) in [6.45, 7) is 4.58. The molecule has 3 heteroatoms. The van der Waals surface area contributed by atoms with Crippen LogP contribution in [0.5, 0.6) is 0 Å². The summed E-state index contributed by atoms with van der Waals surface area (Å²) >= 11 is 2.13. The molecule has 2 heterocycles. The monoisotopic (exact) mass is 276 g/mol. The normalized spacial score (nSPS) is 33.2. The van der Waals surface area contributed by atoms with Crippen LogP contribution in [0.4, 0.5) is 0 Å². The molecule has 3 rings (SSSR count). The highest BCUT2D eigenvalue weighted by atomic mass is 32.2.